The summed E-state index contributed by atoms with van der Waals surface area (Å²) in [6.07, 6.45) is -0.715. The molecule has 0 aliphatic heterocycles. The average Bonchev–Trinajstić information content (AvgIpc) is 2.58. The van der Waals surface area contributed by atoms with Gasteiger partial charge in [-0.15, -0.1) is 0 Å². The molecule has 0 aromatic heterocycles. The molecule has 166 valence electrons. The van der Waals surface area contributed by atoms with Crippen molar-refractivity contribution < 1.29 is 10.2 Å². The van der Waals surface area contributed by atoms with Crippen molar-refractivity contribution in [1.29, 1.82) is 0 Å². The van der Waals surface area contributed by atoms with Gasteiger partial charge < -0.3 is 10.2 Å². The van der Waals surface area contributed by atoms with Crippen LogP contribution in [0.5, 0.6) is 5.75 Å². The van der Waals surface area contributed by atoms with Gasteiger partial charge in [-0.3, -0.25) is 0 Å². The summed E-state index contributed by atoms with van der Waals surface area (Å²) in [5.41, 5.74) is 7.95. The van der Waals surface area contributed by atoms with E-state index in [9.17, 15) is 10.2 Å². The van der Waals surface area contributed by atoms with Crippen molar-refractivity contribution in [2.75, 3.05) is 0 Å². The quantitative estimate of drug-likeness (QED) is 0.544. The zero-order valence-corrected chi connectivity index (χ0v) is 20.9. The number of rotatable bonds is 4. The lowest BCUT2D eigenvalue weighted by molar-refractivity contribution is 0.194. The Bertz CT molecular complexity index is 830. The van der Waals surface area contributed by atoms with Crippen LogP contribution in [0, 0.1) is 6.92 Å². The summed E-state index contributed by atoms with van der Waals surface area (Å²) < 4.78 is 0. The van der Waals surface area contributed by atoms with Gasteiger partial charge in [0.25, 0.3) is 0 Å². The molecule has 0 aliphatic carbocycles. The van der Waals surface area contributed by atoms with Crippen LogP contribution in [0.3, 0.4) is 0 Å². The Hall–Kier alpha value is -1.80. The maximum atomic E-state index is 10.8. The fourth-order valence-corrected chi connectivity index (χ4v) is 4.40. The summed E-state index contributed by atoms with van der Waals surface area (Å²) in [5.74, 6) is 0.829. The minimum Gasteiger partial charge on any atom is -0.507 e. The monoisotopic (exact) mass is 410 g/mol. The van der Waals surface area contributed by atoms with Gasteiger partial charge in [0.15, 0.2) is 0 Å². The van der Waals surface area contributed by atoms with E-state index in [1.54, 1.807) is 6.92 Å². The van der Waals surface area contributed by atoms with Crippen LogP contribution in [0.1, 0.15) is 126 Å². The zero-order chi connectivity index (χ0) is 23.2. The fourth-order valence-electron chi connectivity index (χ4n) is 4.40. The van der Waals surface area contributed by atoms with Crippen LogP contribution >= 0.6 is 0 Å². The van der Waals surface area contributed by atoms with E-state index in [-0.39, 0.29) is 22.5 Å². The first-order chi connectivity index (χ1) is 13.6. The van der Waals surface area contributed by atoms with Gasteiger partial charge in [-0.2, -0.15) is 0 Å². The summed E-state index contributed by atoms with van der Waals surface area (Å²) in [4.78, 5) is 0. The molecule has 0 radical (unpaired) electrons. The van der Waals surface area contributed by atoms with Gasteiger partial charge in [0.1, 0.15) is 5.75 Å². The Morgan fingerprint density at radius 2 is 1.13 bits per heavy atom. The molecule has 2 N–H and O–H groups in total. The number of benzene rings is 2. The minimum atomic E-state index is -0.715. The molecule has 2 aromatic rings. The third-order valence-electron chi connectivity index (χ3n) is 6.32. The van der Waals surface area contributed by atoms with Crippen LogP contribution in [0.15, 0.2) is 24.3 Å². The van der Waals surface area contributed by atoms with Crippen LogP contribution in [0.2, 0.25) is 0 Å². The molecule has 30 heavy (non-hydrogen) atoms. The molecule has 2 heteroatoms. The smallest absolute Gasteiger partial charge is 0.125 e. The Morgan fingerprint density at radius 3 is 1.53 bits per heavy atom. The lowest BCUT2D eigenvalue weighted by atomic mass is 9.76. The van der Waals surface area contributed by atoms with E-state index in [0.29, 0.717) is 11.5 Å². The Labute approximate surface area is 184 Å². The van der Waals surface area contributed by atoms with Crippen molar-refractivity contribution >= 4 is 0 Å². The largest absolute Gasteiger partial charge is 0.507 e. The standard InChI is InChI=1S/C28H42O2/c1-16(2)22-12-20(14-24(18(22)4)27(6,7)8)17(3)21-13-23(19(5)29)26(30)25(15-21)28(9,10)11/h12-17,19,29-30H,1-11H3. The van der Waals surface area contributed by atoms with E-state index in [1.807, 2.05) is 6.07 Å². The summed E-state index contributed by atoms with van der Waals surface area (Å²) in [6.45, 7) is 23.8. The predicted molar refractivity (Wildman–Crippen MR) is 129 cm³/mol. The molecule has 0 fully saturated rings. The van der Waals surface area contributed by atoms with Gasteiger partial charge in [0, 0.05) is 11.5 Å². The molecule has 2 unspecified atom stereocenters. The molecule has 2 rings (SSSR count). The molecule has 0 saturated carbocycles. The molecule has 2 atom stereocenters. The highest BCUT2D eigenvalue weighted by Crippen LogP contribution is 2.41. The fraction of sp³-hybridized carbons (Fsp3) is 0.571. The minimum absolute atomic E-state index is 0.0692. The lowest BCUT2D eigenvalue weighted by Crippen LogP contribution is -2.17. The Balaban J connectivity index is 2.75. The maximum absolute atomic E-state index is 10.8. The van der Waals surface area contributed by atoms with E-state index >= 15 is 0 Å². The van der Waals surface area contributed by atoms with Crippen LogP contribution in [-0.2, 0) is 10.8 Å². The van der Waals surface area contributed by atoms with Crippen LogP contribution in [0.4, 0.5) is 0 Å². The molecule has 0 aliphatic rings. The first-order valence-corrected chi connectivity index (χ1v) is 11.3. The number of hydrogen-bond acceptors (Lipinski definition) is 2. The van der Waals surface area contributed by atoms with Crippen LogP contribution < -0.4 is 0 Å². The Kier molecular flexibility index (Phi) is 6.84. The molecular weight excluding hydrogens is 368 g/mol. The number of aliphatic hydroxyl groups is 1. The number of aromatic hydroxyl groups is 1. The van der Waals surface area contributed by atoms with Crippen molar-refractivity contribution in [1.82, 2.24) is 0 Å². The number of phenols is 1. The van der Waals surface area contributed by atoms with Gasteiger partial charge >= 0.3 is 0 Å². The molecular formula is C28H42O2. The molecule has 2 nitrogen and oxygen atoms in total. The lowest BCUT2D eigenvalue weighted by Gasteiger charge is -2.29. The third-order valence-corrected chi connectivity index (χ3v) is 6.32. The molecule has 2 aromatic carbocycles. The van der Waals surface area contributed by atoms with Gasteiger partial charge in [0.2, 0.25) is 0 Å². The molecule has 0 bridgehead atoms. The van der Waals surface area contributed by atoms with Gasteiger partial charge in [0.05, 0.1) is 6.10 Å². The van der Waals surface area contributed by atoms with Crippen molar-refractivity contribution in [3.8, 4) is 5.75 Å². The normalized spacial score (nSPS) is 14.8. The van der Waals surface area contributed by atoms with E-state index in [4.69, 9.17) is 0 Å². The predicted octanol–water partition coefficient (Wildman–Crippen LogP) is 7.62. The van der Waals surface area contributed by atoms with Gasteiger partial charge in [-0.25, -0.2) is 0 Å². The summed E-state index contributed by atoms with van der Waals surface area (Å²) in [6, 6.07) is 8.81. The highest BCUT2D eigenvalue weighted by molar-refractivity contribution is 5.52. The second-order valence-electron chi connectivity index (χ2n) is 11.3. The molecule has 0 amide bonds. The highest BCUT2D eigenvalue weighted by atomic mass is 16.3. The molecule has 0 saturated heterocycles. The van der Waals surface area contributed by atoms with E-state index < -0.39 is 6.10 Å². The second-order valence-corrected chi connectivity index (χ2v) is 11.3. The number of hydrogen-bond donors (Lipinski definition) is 2. The summed E-state index contributed by atoms with van der Waals surface area (Å²) in [5, 5.41) is 21.1. The van der Waals surface area contributed by atoms with Crippen molar-refractivity contribution in [3.63, 3.8) is 0 Å². The molecule has 0 spiro atoms. The molecule has 0 heterocycles. The zero-order valence-electron chi connectivity index (χ0n) is 20.9. The SMILES string of the molecule is Cc1c(C(C)C)cc(C(C)c2cc(C(C)O)c(O)c(C(C)(C)C)c2)cc1C(C)(C)C. The number of aliphatic hydroxyl groups excluding tert-OH is 1. The maximum Gasteiger partial charge on any atom is 0.125 e. The van der Waals surface area contributed by atoms with E-state index in [2.05, 4.69) is 87.4 Å². The summed E-state index contributed by atoms with van der Waals surface area (Å²) in [7, 11) is 0. The van der Waals surface area contributed by atoms with E-state index in [0.717, 1.165) is 11.1 Å². The highest BCUT2D eigenvalue weighted by Gasteiger charge is 2.26. The average molecular weight is 411 g/mol. The number of phenolic OH excluding ortho intramolecular Hbond substituents is 1. The Morgan fingerprint density at radius 1 is 0.700 bits per heavy atom. The first kappa shape index (κ1) is 24.5. The van der Waals surface area contributed by atoms with Gasteiger partial charge in [-0.1, -0.05) is 80.5 Å². The van der Waals surface area contributed by atoms with Crippen LogP contribution in [-0.4, -0.2) is 10.2 Å². The topological polar surface area (TPSA) is 40.5 Å². The third kappa shape index (κ3) is 4.91. The van der Waals surface area contributed by atoms with Crippen molar-refractivity contribution in [2.24, 2.45) is 0 Å². The summed E-state index contributed by atoms with van der Waals surface area (Å²) >= 11 is 0. The van der Waals surface area contributed by atoms with Gasteiger partial charge in [-0.05, 0) is 70.0 Å². The second kappa shape index (κ2) is 8.38. The van der Waals surface area contributed by atoms with Crippen LogP contribution in [0.25, 0.3) is 0 Å². The van der Waals surface area contributed by atoms with Crippen molar-refractivity contribution in [2.45, 2.75) is 105 Å². The van der Waals surface area contributed by atoms with Crippen molar-refractivity contribution in [3.05, 3.63) is 63.2 Å². The first-order valence-electron chi connectivity index (χ1n) is 11.3. The van der Waals surface area contributed by atoms with E-state index in [1.165, 1.54) is 22.3 Å².